The van der Waals surface area contributed by atoms with Crippen molar-refractivity contribution in [2.24, 2.45) is 10.8 Å². The SMILES string of the molecule is NC(=O)NN=Cc1cc(F)ccc1OC(F)(F)F. The van der Waals surface area contributed by atoms with E-state index in [9.17, 15) is 22.4 Å². The molecule has 98 valence electrons. The van der Waals surface area contributed by atoms with Crippen LogP contribution in [-0.4, -0.2) is 18.6 Å². The zero-order valence-corrected chi connectivity index (χ0v) is 8.66. The number of hydrazone groups is 1. The fraction of sp³-hybridized carbons (Fsp3) is 0.111. The minimum absolute atomic E-state index is 0.305. The number of halogens is 4. The first-order valence-corrected chi connectivity index (χ1v) is 4.42. The van der Waals surface area contributed by atoms with Gasteiger partial charge in [0.15, 0.2) is 0 Å². The zero-order chi connectivity index (χ0) is 13.8. The summed E-state index contributed by atoms with van der Waals surface area (Å²) in [6.07, 6.45) is -4.15. The topological polar surface area (TPSA) is 76.7 Å². The average molecular weight is 265 g/mol. The molecule has 0 aromatic heterocycles. The van der Waals surface area contributed by atoms with Crippen LogP contribution in [0.4, 0.5) is 22.4 Å². The van der Waals surface area contributed by atoms with Gasteiger partial charge in [-0.1, -0.05) is 0 Å². The van der Waals surface area contributed by atoms with Crippen LogP contribution in [0.5, 0.6) is 5.75 Å². The van der Waals surface area contributed by atoms with E-state index >= 15 is 0 Å². The summed E-state index contributed by atoms with van der Waals surface area (Å²) in [5.41, 5.74) is 6.13. The molecule has 0 atom stereocenters. The normalized spacial score (nSPS) is 11.6. The van der Waals surface area contributed by atoms with Crippen LogP contribution in [0.2, 0.25) is 0 Å². The Morgan fingerprint density at radius 3 is 2.67 bits per heavy atom. The van der Waals surface area contributed by atoms with Crippen LogP contribution in [0.25, 0.3) is 0 Å². The molecule has 0 saturated heterocycles. The van der Waals surface area contributed by atoms with Crippen LogP contribution in [0.1, 0.15) is 5.56 Å². The highest BCUT2D eigenvalue weighted by molar-refractivity contribution is 5.84. The molecule has 0 radical (unpaired) electrons. The monoisotopic (exact) mass is 265 g/mol. The van der Waals surface area contributed by atoms with Gasteiger partial charge in [-0.3, -0.25) is 0 Å². The van der Waals surface area contributed by atoms with Crippen LogP contribution in [0, 0.1) is 5.82 Å². The minimum atomic E-state index is -4.92. The Balaban J connectivity index is 2.96. The first kappa shape index (κ1) is 13.7. The molecular weight excluding hydrogens is 258 g/mol. The van der Waals surface area contributed by atoms with Gasteiger partial charge >= 0.3 is 12.4 Å². The predicted octanol–water partition coefficient (Wildman–Crippen LogP) is 1.73. The Morgan fingerprint density at radius 1 is 1.44 bits per heavy atom. The molecule has 0 heterocycles. The maximum atomic E-state index is 12.9. The molecule has 5 nitrogen and oxygen atoms in total. The highest BCUT2D eigenvalue weighted by Crippen LogP contribution is 2.25. The van der Waals surface area contributed by atoms with E-state index in [4.69, 9.17) is 0 Å². The third-order valence-corrected chi connectivity index (χ3v) is 1.58. The van der Waals surface area contributed by atoms with Crippen molar-refractivity contribution in [3.8, 4) is 5.75 Å². The molecule has 1 rings (SSSR count). The van der Waals surface area contributed by atoms with E-state index in [2.05, 4.69) is 15.6 Å². The standard InChI is InChI=1S/C9H7F4N3O2/c10-6-1-2-7(18-9(11,12)13)5(3-6)4-15-16-8(14)17/h1-4H,(H3,14,16,17). The van der Waals surface area contributed by atoms with Gasteiger partial charge in [0, 0.05) is 5.56 Å². The van der Waals surface area contributed by atoms with Crippen molar-refractivity contribution in [1.29, 1.82) is 0 Å². The van der Waals surface area contributed by atoms with Crippen LogP contribution in [-0.2, 0) is 0 Å². The molecule has 0 aliphatic carbocycles. The third kappa shape index (κ3) is 4.68. The number of nitrogens with zero attached hydrogens (tertiary/aromatic N) is 1. The molecule has 0 saturated carbocycles. The van der Waals surface area contributed by atoms with Crippen LogP contribution >= 0.6 is 0 Å². The maximum Gasteiger partial charge on any atom is 0.573 e. The number of carbonyl (C=O) groups is 1. The summed E-state index contributed by atoms with van der Waals surface area (Å²) < 4.78 is 52.6. The van der Waals surface area contributed by atoms with Gasteiger partial charge in [-0.15, -0.1) is 13.2 Å². The second-order valence-corrected chi connectivity index (χ2v) is 2.96. The van der Waals surface area contributed by atoms with Gasteiger partial charge < -0.3 is 10.5 Å². The quantitative estimate of drug-likeness (QED) is 0.496. The first-order valence-electron chi connectivity index (χ1n) is 4.42. The number of alkyl halides is 3. The third-order valence-electron chi connectivity index (χ3n) is 1.58. The van der Waals surface area contributed by atoms with Crippen molar-refractivity contribution in [3.63, 3.8) is 0 Å². The molecule has 2 amide bonds. The Hall–Kier alpha value is -2.32. The summed E-state index contributed by atoms with van der Waals surface area (Å²) in [5.74, 6) is -1.44. The Labute approximate surface area is 98.2 Å². The molecule has 18 heavy (non-hydrogen) atoms. The lowest BCUT2D eigenvalue weighted by molar-refractivity contribution is -0.274. The number of carbonyl (C=O) groups excluding carboxylic acids is 1. The smallest absolute Gasteiger partial charge is 0.405 e. The molecule has 9 heteroatoms. The summed E-state index contributed by atoms with van der Waals surface area (Å²) in [4.78, 5) is 10.3. The van der Waals surface area contributed by atoms with E-state index in [1.165, 1.54) is 0 Å². The molecule has 3 N–H and O–H groups in total. The second kappa shape index (κ2) is 5.34. The number of rotatable bonds is 3. The summed E-state index contributed by atoms with van der Waals surface area (Å²) in [7, 11) is 0. The van der Waals surface area contributed by atoms with Gasteiger partial charge in [0.25, 0.3) is 0 Å². The lowest BCUT2D eigenvalue weighted by atomic mass is 10.2. The van der Waals surface area contributed by atoms with Crippen molar-refractivity contribution in [2.75, 3.05) is 0 Å². The van der Waals surface area contributed by atoms with Crippen molar-refractivity contribution < 1.29 is 27.1 Å². The van der Waals surface area contributed by atoms with Gasteiger partial charge in [-0.05, 0) is 18.2 Å². The van der Waals surface area contributed by atoms with E-state index in [0.717, 1.165) is 24.4 Å². The number of amides is 2. The Bertz CT molecular complexity index is 473. The summed E-state index contributed by atoms with van der Waals surface area (Å²) in [6.45, 7) is 0. The molecule has 0 aliphatic rings. The average Bonchev–Trinajstić information content (AvgIpc) is 2.19. The van der Waals surface area contributed by atoms with Gasteiger partial charge in [-0.25, -0.2) is 14.6 Å². The summed E-state index contributed by atoms with van der Waals surface area (Å²) >= 11 is 0. The summed E-state index contributed by atoms with van der Waals surface area (Å²) in [5, 5.41) is 3.21. The number of urea groups is 1. The highest BCUT2D eigenvalue weighted by Gasteiger charge is 2.32. The number of nitrogens with two attached hydrogens (primary N) is 1. The van der Waals surface area contributed by atoms with Gasteiger partial charge in [0.1, 0.15) is 11.6 Å². The first-order chi connectivity index (χ1) is 8.28. The molecular formula is C9H7F4N3O2. The molecule has 0 bridgehead atoms. The largest absolute Gasteiger partial charge is 0.573 e. The van der Waals surface area contributed by atoms with Gasteiger partial charge in [0.05, 0.1) is 6.21 Å². The van der Waals surface area contributed by atoms with E-state index in [-0.39, 0.29) is 5.56 Å². The number of primary amides is 1. The number of hydrogen-bond donors (Lipinski definition) is 2. The fourth-order valence-corrected chi connectivity index (χ4v) is 1.00. The number of benzene rings is 1. The zero-order valence-electron chi connectivity index (χ0n) is 8.66. The van der Waals surface area contributed by atoms with E-state index < -0.39 is 24.0 Å². The van der Waals surface area contributed by atoms with Crippen molar-refractivity contribution in [1.82, 2.24) is 5.43 Å². The molecule has 1 aromatic rings. The number of ether oxygens (including phenoxy) is 1. The minimum Gasteiger partial charge on any atom is -0.405 e. The number of hydrogen-bond acceptors (Lipinski definition) is 3. The lowest BCUT2D eigenvalue weighted by Gasteiger charge is -2.10. The summed E-state index contributed by atoms with van der Waals surface area (Å²) in [6, 6.07) is 1.32. The van der Waals surface area contributed by atoms with Crippen molar-refractivity contribution >= 4 is 12.2 Å². The van der Waals surface area contributed by atoms with Crippen molar-refractivity contribution in [3.05, 3.63) is 29.6 Å². The fourth-order valence-electron chi connectivity index (χ4n) is 1.00. The molecule has 0 unspecified atom stereocenters. The maximum absolute atomic E-state index is 12.9. The van der Waals surface area contributed by atoms with Crippen LogP contribution < -0.4 is 15.9 Å². The molecule has 0 spiro atoms. The van der Waals surface area contributed by atoms with E-state index in [0.29, 0.717) is 0 Å². The molecule has 0 fully saturated rings. The van der Waals surface area contributed by atoms with E-state index in [1.54, 1.807) is 5.43 Å². The lowest BCUT2D eigenvalue weighted by Crippen LogP contribution is -2.24. The van der Waals surface area contributed by atoms with Crippen molar-refractivity contribution in [2.45, 2.75) is 6.36 Å². The number of nitrogens with one attached hydrogen (secondary N) is 1. The predicted molar refractivity (Wildman–Crippen MR) is 53.4 cm³/mol. The Kier molecular flexibility index (Phi) is 4.08. The van der Waals surface area contributed by atoms with Crippen LogP contribution in [0.15, 0.2) is 23.3 Å². The second-order valence-electron chi connectivity index (χ2n) is 2.96. The highest BCUT2D eigenvalue weighted by atomic mass is 19.4. The van der Waals surface area contributed by atoms with Gasteiger partial charge in [-0.2, -0.15) is 5.10 Å². The van der Waals surface area contributed by atoms with E-state index in [1.807, 2.05) is 0 Å². The Morgan fingerprint density at radius 2 is 2.11 bits per heavy atom. The van der Waals surface area contributed by atoms with Gasteiger partial charge in [0.2, 0.25) is 0 Å². The molecule has 0 aliphatic heterocycles. The molecule has 1 aromatic carbocycles. The van der Waals surface area contributed by atoms with Crippen LogP contribution in [0.3, 0.4) is 0 Å².